The summed E-state index contributed by atoms with van der Waals surface area (Å²) >= 11 is 7.43. The molecule has 0 atom stereocenters. The fraction of sp³-hybridized carbons (Fsp3) is 0.0769. The molecule has 0 spiro atoms. The molecular formula is C13H7ClN4S. The van der Waals surface area contributed by atoms with Gasteiger partial charge >= 0.3 is 0 Å². The Balaban J connectivity index is 2.61. The number of hydrogen-bond donors (Lipinski definition) is 0. The lowest BCUT2D eigenvalue weighted by atomic mass is 10.1. The number of nitrogens with zero attached hydrogens (tertiary/aromatic N) is 4. The van der Waals surface area contributed by atoms with Gasteiger partial charge in [-0.3, -0.25) is 4.98 Å². The van der Waals surface area contributed by atoms with Crippen molar-refractivity contribution in [1.82, 2.24) is 9.97 Å². The first kappa shape index (κ1) is 13.4. The van der Waals surface area contributed by atoms with Gasteiger partial charge in [0.2, 0.25) is 0 Å². The van der Waals surface area contributed by atoms with Crippen molar-refractivity contribution in [3.63, 3.8) is 0 Å². The number of thioether (sulfide) groups is 1. The zero-order chi connectivity index (χ0) is 13.8. The van der Waals surface area contributed by atoms with E-state index in [1.807, 2.05) is 18.4 Å². The topological polar surface area (TPSA) is 73.4 Å². The Labute approximate surface area is 119 Å². The highest BCUT2D eigenvalue weighted by atomic mass is 35.5. The lowest BCUT2D eigenvalue weighted by Gasteiger charge is -2.06. The minimum absolute atomic E-state index is 0.159. The summed E-state index contributed by atoms with van der Waals surface area (Å²) in [5, 5.41) is 18.1. The minimum Gasteiger partial charge on any atom is -0.263 e. The SMILES string of the molecule is CSc1cc(-c2cncc(C#N)c2)nc(Cl)c1C#N. The molecule has 0 aliphatic rings. The molecule has 0 N–H and O–H groups in total. The van der Waals surface area contributed by atoms with E-state index in [-0.39, 0.29) is 5.15 Å². The average molecular weight is 287 g/mol. The van der Waals surface area contributed by atoms with Crippen LogP contribution in [0.3, 0.4) is 0 Å². The van der Waals surface area contributed by atoms with Crippen LogP contribution >= 0.6 is 23.4 Å². The predicted octanol–water partition coefficient (Wildman–Crippen LogP) is 3.26. The molecule has 0 saturated heterocycles. The predicted molar refractivity (Wildman–Crippen MR) is 73.7 cm³/mol. The quantitative estimate of drug-likeness (QED) is 0.626. The largest absolute Gasteiger partial charge is 0.263 e. The Bertz CT molecular complexity index is 716. The first-order valence-electron chi connectivity index (χ1n) is 5.19. The van der Waals surface area contributed by atoms with E-state index in [9.17, 15) is 0 Å². The molecule has 6 heteroatoms. The van der Waals surface area contributed by atoms with Crippen molar-refractivity contribution < 1.29 is 0 Å². The van der Waals surface area contributed by atoms with Crippen molar-refractivity contribution in [2.75, 3.05) is 6.26 Å². The molecule has 0 bridgehead atoms. The van der Waals surface area contributed by atoms with Gasteiger partial charge in [-0.25, -0.2) is 4.98 Å². The minimum atomic E-state index is 0.159. The van der Waals surface area contributed by atoms with Crippen LogP contribution in [-0.2, 0) is 0 Å². The maximum absolute atomic E-state index is 9.03. The molecule has 2 heterocycles. The van der Waals surface area contributed by atoms with Crippen LogP contribution in [0.25, 0.3) is 11.3 Å². The second-order valence-corrected chi connectivity index (χ2v) is 4.77. The third-order valence-electron chi connectivity index (χ3n) is 2.43. The monoisotopic (exact) mass is 286 g/mol. The van der Waals surface area contributed by atoms with Crippen LogP contribution in [0.2, 0.25) is 5.15 Å². The lowest BCUT2D eigenvalue weighted by Crippen LogP contribution is -1.92. The third kappa shape index (κ3) is 2.68. The fourth-order valence-corrected chi connectivity index (χ4v) is 2.41. The average Bonchev–Trinajstić information content (AvgIpc) is 2.46. The summed E-state index contributed by atoms with van der Waals surface area (Å²) in [6.45, 7) is 0. The normalized spacial score (nSPS) is 9.68. The van der Waals surface area contributed by atoms with E-state index >= 15 is 0 Å². The van der Waals surface area contributed by atoms with Gasteiger partial charge in [0.1, 0.15) is 22.9 Å². The van der Waals surface area contributed by atoms with Gasteiger partial charge in [-0.15, -0.1) is 11.8 Å². The molecule has 0 radical (unpaired) electrons. The van der Waals surface area contributed by atoms with Gasteiger partial charge in [0.15, 0.2) is 0 Å². The lowest BCUT2D eigenvalue weighted by molar-refractivity contribution is 1.21. The smallest absolute Gasteiger partial charge is 0.148 e. The van der Waals surface area contributed by atoms with Crippen LogP contribution < -0.4 is 0 Å². The van der Waals surface area contributed by atoms with E-state index in [4.69, 9.17) is 22.1 Å². The summed E-state index contributed by atoms with van der Waals surface area (Å²) in [4.78, 5) is 8.91. The second-order valence-electron chi connectivity index (χ2n) is 3.56. The van der Waals surface area contributed by atoms with Gasteiger partial charge in [-0.05, 0) is 18.4 Å². The molecule has 0 saturated carbocycles. The summed E-state index contributed by atoms with van der Waals surface area (Å²) in [5.41, 5.74) is 2.10. The summed E-state index contributed by atoms with van der Waals surface area (Å²) in [5.74, 6) is 0. The molecule has 2 rings (SSSR count). The molecule has 0 aromatic carbocycles. The van der Waals surface area contributed by atoms with Gasteiger partial charge < -0.3 is 0 Å². The van der Waals surface area contributed by atoms with E-state index in [1.165, 1.54) is 18.0 Å². The van der Waals surface area contributed by atoms with Crippen molar-refractivity contribution in [3.8, 4) is 23.4 Å². The summed E-state index contributed by atoms with van der Waals surface area (Å²) < 4.78 is 0. The number of rotatable bonds is 2. The summed E-state index contributed by atoms with van der Waals surface area (Å²) in [7, 11) is 0. The summed E-state index contributed by atoms with van der Waals surface area (Å²) in [6, 6.07) is 7.51. The Kier molecular flexibility index (Phi) is 4.01. The van der Waals surface area contributed by atoms with Gasteiger partial charge in [-0.2, -0.15) is 10.5 Å². The van der Waals surface area contributed by atoms with Crippen LogP contribution in [-0.4, -0.2) is 16.2 Å². The standard InChI is InChI=1S/C13H7ClN4S/c1-19-12-3-11(18-13(14)10(12)5-16)9-2-8(4-15)6-17-7-9/h2-3,6-7H,1H3. The van der Waals surface area contributed by atoms with E-state index in [1.54, 1.807) is 18.3 Å². The van der Waals surface area contributed by atoms with E-state index in [2.05, 4.69) is 9.97 Å². The molecule has 0 aliphatic heterocycles. The van der Waals surface area contributed by atoms with Crippen LogP contribution in [0.1, 0.15) is 11.1 Å². The maximum Gasteiger partial charge on any atom is 0.148 e. The third-order valence-corrected chi connectivity index (χ3v) is 3.47. The molecular weight excluding hydrogens is 280 g/mol. The Hall–Kier alpha value is -2.08. The van der Waals surface area contributed by atoms with Crippen molar-refractivity contribution in [2.45, 2.75) is 4.90 Å². The Morgan fingerprint density at radius 3 is 2.63 bits per heavy atom. The molecule has 4 nitrogen and oxygen atoms in total. The van der Waals surface area contributed by atoms with Gasteiger partial charge in [0, 0.05) is 22.9 Å². The van der Waals surface area contributed by atoms with Crippen molar-refractivity contribution in [1.29, 1.82) is 10.5 Å². The van der Waals surface area contributed by atoms with Crippen molar-refractivity contribution in [3.05, 3.63) is 40.8 Å². The van der Waals surface area contributed by atoms with Gasteiger partial charge in [0.25, 0.3) is 0 Å². The van der Waals surface area contributed by atoms with Gasteiger partial charge in [0.05, 0.1) is 11.3 Å². The Morgan fingerprint density at radius 1 is 1.21 bits per heavy atom. The molecule has 19 heavy (non-hydrogen) atoms. The summed E-state index contributed by atoms with van der Waals surface area (Å²) in [6.07, 6.45) is 4.94. The second kappa shape index (κ2) is 5.71. The highest BCUT2D eigenvalue weighted by Crippen LogP contribution is 2.30. The molecule has 2 aromatic rings. The number of hydrogen-bond acceptors (Lipinski definition) is 5. The molecule has 0 fully saturated rings. The first-order valence-corrected chi connectivity index (χ1v) is 6.80. The van der Waals surface area contributed by atoms with E-state index in [0.29, 0.717) is 22.4 Å². The zero-order valence-corrected chi connectivity index (χ0v) is 11.5. The zero-order valence-electron chi connectivity index (χ0n) is 9.88. The van der Waals surface area contributed by atoms with Gasteiger partial charge in [-0.1, -0.05) is 11.6 Å². The first-order chi connectivity index (χ1) is 9.19. The van der Waals surface area contributed by atoms with E-state index in [0.717, 1.165) is 4.90 Å². The molecule has 0 amide bonds. The number of aromatic nitrogens is 2. The number of halogens is 1. The molecule has 2 aromatic heterocycles. The van der Waals surface area contributed by atoms with Crippen LogP contribution in [0.5, 0.6) is 0 Å². The van der Waals surface area contributed by atoms with E-state index < -0.39 is 0 Å². The number of pyridine rings is 2. The molecule has 92 valence electrons. The van der Waals surface area contributed by atoms with Crippen LogP contribution in [0, 0.1) is 22.7 Å². The Morgan fingerprint density at radius 2 is 2.00 bits per heavy atom. The highest BCUT2D eigenvalue weighted by Gasteiger charge is 2.12. The fourth-order valence-electron chi connectivity index (χ4n) is 1.54. The van der Waals surface area contributed by atoms with Crippen molar-refractivity contribution >= 4 is 23.4 Å². The van der Waals surface area contributed by atoms with Crippen molar-refractivity contribution in [2.24, 2.45) is 0 Å². The van der Waals surface area contributed by atoms with Crippen LogP contribution in [0.15, 0.2) is 29.4 Å². The van der Waals surface area contributed by atoms with Crippen LogP contribution in [0.4, 0.5) is 0 Å². The molecule has 0 unspecified atom stereocenters. The molecule has 0 aliphatic carbocycles. The highest BCUT2D eigenvalue weighted by molar-refractivity contribution is 7.98. The maximum atomic E-state index is 9.03. The number of nitriles is 2.